The molecule has 0 heterocycles. The van der Waals surface area contributed by atoms with Crippen LogP contribution in [0.15, 0.2) is 12.1 Å². The summed E-state index contributed by atoms with van der Waals surface area (Å²) >= 11 is 0. The van der Waals surface area contributed by atoms with Crippen LogP contribution in [0.25, 0.3) is 0 Å². The van der Waals surface area contributed by atoms with E-state index in [1.807, 2.05) is 0 Å². The molecule has 1 atom stereocenters. The molecule has 1 aromatic carbocycles. The van der Waals surface area contributed by atoms with Crippen molar-refractivity contribution in [3.05, 3.63) is 35.1 Å². The number of carbonyl (C=O) groups excluding carboxylic acids is 1. The zero-order valence-corrected chi connectivity index (χ0v) is 9.76. The molecule has 0 spiro atoms. The molecule has 0 aliphatic rings. The van der Waals surface area contributed by atoms with Crippen molar-refractivity contribution in [3.8, 4) is 0 Å². The fraction of sp³-hybridized carbons (Fsp3) is 0.417. The molecule has 5 heteroatoms. The fourth-order valence-corrected chi connectivity index (χ4v) is 1.55. The van der Waals surface area contributed by atoms with Crippen molar-refractivity contribution in [1.82, 2.24) is 0 Å². The minimum atomic E-state index is -1.64. The van der Waals surface area contributed by atoms with E-state index < -0.39 is 34.9 Å². The van der Waals surface area contributed by atoms with Gasteiger partial charge in [-0.15, -0.1) is 0 Å². The van der Waals surface area contributed by atoms with Gasteiger partial charge in [0.25, 0.3) is 0 Å². The van der Waals surface area contributed by atoms with Crippen LogP contribution in [0, 0.1) is 23.4 Å². The Morgan fingerprint density at radius 3 is 2.24 bits per heavy atom. The van der Waals surface area contributed by atoms with Crippen molar-refractivity contribution in [2.45, 2.75) is 20.0 Å². The van der Waals surface area contributed by atoms with Crippen molar-refractivity contribution >= 4 is 5.78 Å². The number of methoxy groups -OCH3 is 1. The van der Waals surface area contributed by atoms with Crippen LogP contribution in [0.4, 0.5) is 13.2 Å². The summed E-state index contributed by atoms with van der Waals surface area (Å²) in [4.78, 5) is 11.8. The third-order valence-corrected chi connectivity index (χ3v) is 2.42. The van der Waals surface area contributed by atoms with Crippen LogP contribution >= 0.6 is 0 Å². The van der Waals surface area contributed by atoms with Crippen LogP contribution in [0.3, 0.4) is 0 Å². The molecule has 2 nitrogen and oxygen atoms in total. The molecular formula is C12H13F3O2. The summed E-state index contributed by atoms with van der Waals surface area (Å²) in [5.41, 5.74) is -0.496. The lowest BCUT2D eigenvalue weighted by molar-refractivity contribution is 0.0454. The summed E-state index contributed by atoms with van der Waals surface area (Å²) in [7, 11) is 1.31. The molecule has 0 fully saturated rings. The highest BCUT2D eigenvalue weighted by Crippen LogP contribution is 2.19. The predicted octanol–water partition coefficient (Wildman–Crippen LogP) is 2.96. The third-order valence-electron chi connectivity index (χ3n) is 2.42. The quantitative estimate of drug-likeness (QED) is 0.603. The Morgan fingerprint density at radius 1 is 1.18 bits per heavy atom. The largest absolute Gasteiger partial charge is 0.373 e. The Bertz CT molecular complexity index is 430. The van der Waals surface area contributed by atoms with Gasteiger partial charge in [0.2, 0.25) is 0 Å². The predicted molar refractivity (Wildman–Crippen MR) is 56.3 cm³/mol. The van der Waals surface area contributed by atoms with Crippen LogP contribution in [-0.2, 0) is 4.74 Å². The number of halogens is 3. The lowest BCUT2D eigenvalue weighted by Crippen LogP contribution is -2.29. The molecule has 0 saturated heterocycles. The topological polar surface area (TPSA) is 26.3 Å². The summed E-state index contributed by atoms with van der Waals surface area (Å²) in [5.74, 6) is -5.33. The molecular weight excluding hydrogens is 233 g/mol. The number of rotatable bonds is 4. The first-order valence-corrected chi connectivity index (χ1v) is 5.10. The molecule has 1 aromatic rings. The van der Waals surface area contributed by atoms with E-state index in [2.05, 4.69) is 0 Å². The maximum atomic E-state index is 13.4. The smallest absolute Gasteiger partial charge is 0.195 e. The van der Waals surface area contributed by atoms with E-state index in [0.29, 0.717) is 0 Å². The lowest BCUT2D eigenvalue weighted by atomic mass is 9.97. The average Bonchev–Trinajstić information content (AvgIpc) is 2.26. The van der Waals surface area contributed by atoms with Gasteiger partial charge in [-0.3, -0.25) is 4.79 Å². The number of ketones is 1. The van der Waals surface area contributed by atoms with Crippen LogP contribution in [0.1, 0.15) is 24.2 Å². The molecule has 0 aliphatic heterocycles. The van der Waals surface area contributed by atoms with Gasteiger partial charge in [-0.05, 0) is 18.1 Å². The molecule has 0 N–H and O–H groups in total. The fourth-order valence-electron chi connectivity index (χ4n) is 1.55. The third kappa shape index (κ3) is 2.66. The zero-order chi connectivity index (χ0) is 13.2. The normalized spacial score (nSPS) is 12.9. The molecule has 17 heavy (non-hydrogen) atoms. The molecule has 1 unspecified atom stereocenters. The Kier molecular flexibility index (Phi) is 4.28. The number of hydrogen-bond acceptors (Lipinski definition) is 2. The van der Waals surface area contributed by atoms with E-state index in [1.165, 1.54) is 7.11 Å². The maximum Gasteiger partial charge on any atom is 0.195 e. The van der Waals surface area contributed by atoms with Crippen molar-refractivity contribution in [2.24, 2.45) is 5.92 Å². The molecule has 0 bridgehead atoms. The first-order chi connectivity index (χ1) is 7.90. The summed E-state index contributed by atoms with van der Waals surface area (Å²) in [6.07, 6.45) is -0.880. The van der Waals surface area contributed by atoms with Crippen molar-refractivity contribution < 1.29 is 22.7 Å². The molecule has 0 radical (unpaired) electrons. The van der Waals surface area contributed by atoms with E-state index in [1.54, 1.807) is 13.8 Å². The number of benzene rings is 1. The van der Waals surface area contributed by atoms with Crippen LogP contribution in [-0.4, -0.2) is 19.0 Å². The minimum Gasteiger partial charge on any atom is -0.373 e. The summed E-state index contributed by atoms with van der Waals surface area (Å²) in [5, 5.41) is 0. The molecule has 0 amide bonds. The average molecular weight is 246 g/mol. The van der Waals surface area contributed by atoms with Crippen molar-refractivity contribution in [2.75, 3.05) is 7.11 Å². The highest BCUT2D eigenvalue weighted by Gasteiger charge is 2.27. The standard InChI is InChI=1S/C12H13F3O2/c1-6(2)12(17-3)11(16)7-4-5-8(13)10(15)9(7)14/h4-6,12H,1-3H3. The van der Waals surface area contributed by atoms with Gasteiger partial charge in [-0.1, -0.05) is 13.8 Å². The summed E-state index contributed by atoms with van der Waals surface area (Å²) in [6, 6.07) is 1.64. The first-order valence-electron chi connectivity index (χ1n) is 5.10. The Balaban J connectivity index is 3.17. The van der Waals surface area contributed by atoms with Crippen LogP contribution < -0.4 is 0 Å². The second-order valence-corrected chi connectivity index (χ2v) is 3.99. The summed E-state index contributed by atoms with van der Waals surface area (Å²) in [6.45, 7) is 3.42. The van der Waals surface area contributed by atoms with Gasteiger partial charge in [-0.25, -0.2) is 13.2 Å². The van der Waals surface area contributed by atoms with Gasteiger partial charge in [-0.2, -0.15) is 0 Å². The molecule has 1 rings (SSSR count). The van der Waals surface area contributed by atoms with E-state index in [9.17, 15) is 18.0 Å². The van der Waals surface area contributed by atoms with Gasteiger partial charge < -0.3 is 4.74 Å². The maximum absolute atomic E-state index is 13.4. The van der Waals surface area contributed by atoms with E-state index in [-0.39, 0.29) is 5.92 Å². The van der Waals surface area contributed by atoms with Crippen molar-refractivity contribution in [1.29, 1.82) is 0 Å². The Labute approximate surface area is 97.4 Å². The number of hydrogen-bond donors (Lipinski definition) is 0. The van der Waals surface area contributed by atoms with E-state index in [0.717, 1.165) is 12.1 Å². The second-order valence-electron chi connectivity index (χ2n) is 3.99. The highest BCUT2D eigenvalue weighted by molar-refractivity contribution is 5.99. The van der Waals surface area contributed by atoms with Crippen LogP contribution in [0.2, 0.25) is 0 Å². The van der Waals surface area contributed by atoms with Crippen molar-refractivity contribution in [3.63, 3.8) is 0 Å². The molecule has 0 aromatic heterocycles. The Hall–Kier alpha value is -1.36. The zero-order valence-electron chi connectivity index (χ0n) is 9.76. The number of carbonyl (C=O) groups is 1. The van der Waals surface area contributed by atoms with Gasteiger partial charge in [0.05, 0.1) is 5.56 Å². The molecule has 94 valence electrons. The lowest BCUT2D eigenvalue weighted by Gasteiger charge is -2.18. The monoisotopic (exact) mass is 246 g/mol. The van der Waals surface area contributed by atoms with Gasteiger partial charge in [0, 0.05) is 7.11 Å². The van der Waals surface area contributed by atoms with Gasteiger partial charge in [0.1, 0.15) is 6.10 Å². The SMILES string of the molecule is COC(C(=O)c1ccc(F)c(F)c1F)C(C)C. The van der Waals surface area contributed by atoms with E-state index in [4.69, 9.17) is 4.74 Å². The molecule has 0 saturated carbocycles. The number of Topliss-reactive ketones (excluding diaryl/α,β-unsaturated/α-hetero) is 1. The highest BCUT2D eigenvalue weighted by atomic mass is 19.2. The number of ether oxygens (including phenoxy) is 1. The molecule has 0 aliphatic carbocycles. The van der Waals surface area contributed by atoms with Gasteiger partial charge >= 0.3 is 0 Å². The Morgan fingerprint density at radius 2 is 1.76 bits per heavy atom. The van der Waals surface area contributed by atoms with Gasteiger partial charge in [0.15, 0.2) is 23.2 Å². The first kappa shape index (κ1) is 13.7. The summed E-state index contributed by atoms with van der Waals surface area (Å²) < 4.78 is 44.0. The second kappa shape index (κ2) is 5.31. The van der Waals surface area contributed by atoms with E-state index >= 15 is 0 Å². The van der Waals surface area contributed by atoms with Crippen LogP contribution in [0.5, 0.6) is 0 Å². The minimum absolute atomic E-state index is 0.194.